The summed E-state index contributed by atoms with van der Waals surface area (Å²) in [5, 5.41) is 12.4. The van der Waals surface area contributed by atoms with Gasteiger partial charge in [0, 0.05) is 12.7 Å². The summed E-state index contributed by atoms with van der Waals surface area (Å²) >= 11 is 0. The van der Waals surface area contributed by atoms with Gasteiger partial charge in [0.15, 0.2) is 0 Å². The number of rotatable bonds is 4. The zero-order valence-corrected chi connectivity index (χ0v) is 13.0. The van der Waals surface area contributed by atoms with E-state index in [1.54, 1.807) is 0 Å². The minimum absolute atomic E-state index is 0. The molecule has 0 aliphatic carbocycles. The molecule has 2 N–H and O–H groups in total. The molecule has 1 heterocycles. The maximum absolute atomic E-state index is 9.04. The summed E-state index contributed by atoms with van der Waals surface area (Å²) in [6, 6.07) is 8.55. The molecule has 3 nitrogen and oxygen atoms in total. The molecule has 1 aliphatic rings. The highest BCUT2D eigenvalue weighted by Crippen LogP contribution is 2.20. The van der Waals surface area contributed by atoms with Crippen molar-refractivity contribution in [3.05, 3.63) is 29.8 Å². The van der Waals surface area contributed by atoms with Crippen LogP contribution in [0.4, 0.5) is 5.69 Å². The van der Waals surface area contributed by atoms with Crippen molar-refractivity contribution in [2.75, 3.05) is 31.8 Å². The predicted molar refractivity (Wildman–Crippen MR) is 85.7 cm³/mol. The first-order valence-corrected chi connectivity index (χ1v) is 6.41. The molecule has 1 aromatic carbocycles. The molecule has 0 aromatic heterocycles. The van der Waals surface area contributed by atoms with Gasteiger partial charge in [-0.3, -0.25) is 0 Å². The summed E-state index contributed by atoms with van der Waals surface area (Å²) in [5.41, 5.74) is 2.48. The van der Waals surface area contributed by atoms with Crippen LogP contribution in [0.15, 0.2) is 24.3 Å². The van der Waals surface area contributed by atoms with Crippen molar-refractivity contribution >= 4 is 30.5 Å². The molecular formula is C14H24Cl2N2O. The van der Waals surface area contributed by atoms with Crippen LogP contribution in [0.1, 0.15) is 18.4 Å². The molecule has 1 saturated heterocycles. The van der Waals surface area contributed by atoms with Crippen molar-refractivity contribution in [1.82, 2.24) is 5.32 Å². The van der Waals surface area contributed by atoms with Crippen LogP contribution >= 0.6 is 24.8 Å². The lowest BCUT2D eigenvalue weighted by Gasteiger charge is -2.23. The van der Waals surface area contributed by atoms with E-state index in [-0.39, 0.29) is 31.5 Å². The second kappa shape index (κ2) is 9.43. The van der Waals surface area contributed by atoms with E-state index in [0.29, 0.717) is 0 Å². The van der Waals surface area contributed by atoms with Crippen LogP contribution in [0.3, 0.4) is 0 Å². The van der Waals surface area contributed by atoms with E-state index in [1.165, 1.54) is 24.8 Å². The Morgan fingerprint density at radius 3 is 2.26 bits per heavy atom. The Balaban J connectivity index is 0.00000162. The smallest absolute Gasteiger partial charge is 0.115 e. The molecular weight excluding hydrogens is 283 g/mol. The lowest BCUT2D eigenvalue weighted by Crippen LogP contribution is -2.28. The quantitative estimate of drug-likeness (QED) is 0.839. The number of anilines is 1. The van der Waals surface area contributed by atoms with Gasteiger partial charge in [0.2, 0.25) is 0 Å². The first-order chi connectivity index (χ1) is 8.29. The SMILES string of the molecule is CN(CO)c1ccc(CC2CCNCC2)cc1.Cl.Cl. The Morgan fingerprint density at radius 1 is 1.16 bits per heavy atom. The fraction of sp³-hybridized carbons (Fsp3) is 0.571. The summed E-state index contributed by atoms with van der Waals surface area (Å²) in [7, 11) is 1.89. The van der Waals surface area contributed by atoms with Crippen molar-refractivity contribution in [3.8, 4) is 0 Å². The highest BCUT2D eigenvalue weighted by atomic mass is 35.5. The third kappa shape index (κ3) is 5.57. The van der Waals surface area contributed by atoms with E-state index in [1.807, 2.05) is 11.9 Å². The molecule has 0 atom stereocenters. The monoisotopic (exact) mass is 306 g/mol. The third-order valence-electron chi connectivity index (χ3n) is 3.57. The van der Waals surface area contributed by atoms with Crippen LogP contribution < -0.4 is 10.2 Å². The number of nitrogens with zero attached hydrogens (tertiary/aromatic N) is 1. The molecule has 110 valence electrons. The fourth-order valence-corrected chi connectivity index (χ4v) is 2.39. The number of aliphatic hydroxyl groups excluding tert-OH is 1. The first kappa shape index (κ1) is 18.5. The second-order valence-electron chi connectivity index (χ2n) is 4.90. The van der Waals surface area contributed by atoms with E-state index in [9.17, 15) is 0 Å². The standard InChI is InChI=1S/C14H22N2O.2ClH/c1-16(11-17)14-4-2-12(3-5-14)10-13-6-8-15-9-7-13;;/h2-5,13,15,17H,6-11H2,1H3;2*1H. The number of benzene rings is 1. The number of hydrogen-bond acceptors (Lipinski definition) is 3. The highest BCUT2D eigenvalue weighted by Gasteiger charge is 2.13. The molecule has 19 heavy (non-hydrogen) atoms. The van der Waals surface area contributed by atoms with Gasteiger partial charge >= 0.3 is 0 Å². The lowest BCUT2D eigenvalue weighted by molar-refractivity contribution is 0.298. The molecule has 0 amide bonds. The van der Waals surface area contributed by atoms with Gasteiger partial charge in [-0.1, -0.05) is 12.1 Å². The highest BCUT2D eigenvalue weighted by molar-refractivity contribution is 5.85. The van der Waals surface area contributed by atoms with E-state index in [2.05, 4.69) is 29.6 Å². The molecule has 2 rings (SSSR count). The average molecular weight is 307 g/mol. The number of hydrogen-bond donors (Lipinski definition) is 2. The van der Waals surface area contributed by atoms with E-state index in [0.717, 1.165) is 24.7 Å². The summed E-state index contributed by atoms with van der Waals surface area (Å²) in [6.07, 6.45) is 3.77. The predicted octanol–water partition coefficient (Wildman–Crippen LogP) is 2.46. The van der Waals surface area contributed by atoms with Gasteiger partial charge in [0.05, 0.1) is 0 Å². The molecule has 5 heteroatoms. The van der Waals surface area contributed by atoms with Gasteiger partial charge in [0.1, 0.15) is 6.73 Å². The van der Waals surface area contributed by atoms with Crippen LogP contribution in [0, 0.1) is 5.92 Å². The normalized spacial score (nSPS) is 15.3. The summed E-state index contributed by atoms with van der Waals surface area (Å²) in [4.78, 5) is 1.83. The minimum Gasteiger partial charge on any atom is -0.376 e. The topological polar surface area (TPSA) is 35.5 Å². The van der Waals surface area contributed by atoms with Gasteiger partial charge < -0.3 is 15.3 Å². The van der Waals surface area contributed by atoms with Crippen molar-refractivity contribution in [3.63, 3.8) is 0 Å². The number of nitrogens with one attached hydrogen (secondary N) is 1. The number of aliphatic hydroxyl groups is 1. The molecule has 0 unspecified atom stereocenters. The van der Waals surface area contributed by atoms with E-state index >= 15 is 0 Å². The van der Waals surface area contributed by atoms with Gasteiger partial charge in [-0.2, -0.15) is 0 Å². The van der Waals surface area contributed by atoms with Gasteiger partial charge in [-0.05, 0) is 56.0 Å². The molecule has 0 saturated carbocycles. The molecule has 1 fully saturated rings. The van der Waals surface area contributed by atoms with Crippen LogP contribution in [-0.4, -0.2) is 32.0 Å². The first-order valence-electron chi connectivity index (χ1n) is 6.41. The van der Waals surface area contributed by atoms with Crippen LogP contribution in [0.25, 0.3) is 0 Å². The molecule has 0 radical (unpaired) electrons. The Morgan fingerprint density at radius 2 is 1.74 bits per heavy atom. The molecule has 1 aromatic rings. The number of halogens is 2. The Kier molecular flexibility index (Phi) is 9.19. The van der Waals surface area contributed by atoms with Gasteiger partial charge in [0.25, 0.3) is 0 Å². The zero-order valence-electron chi connectivity index (χ0n) is 11.3. The van der Waals surface area contributed by atoms with Crippen molar-refractivity contribution < 1.29 is 5.11 Å². The van der Waals surface area contributed by atoms with Crippen LogP contribution in [0.5, 0.6) is 0 Å². The Hall–Kier alpha value is -0.480. The molecule has 0 spiro atoms. The maximum atomic E-state index is 9.04. The van der Waals surface area contributed by atoms with Crippen molar-refractivity contribution in [1.29, 1.82) is 0 Å². The fourth-order valence-electron chi connectivity index (χ4n) is 2.39. The average Bonchev–Trinajstić information content (AvgIpc) is 2.40. The Labute approximate surface area is 128 Å². The summed E-state index contributed by atoms with van der Waals surface area (Å²) in [5.74, 6) is 0.831. The molecule has 0 bridgehead atoms. The van der Waals surface area contributed by atoms with Crippen molar-refractivity contribution in [2.24, 2.45) is 5.92 Å². The van der Waals surface area contributed by atoms with E-state index < -0.39 is 0 Å². The largest absolute Gasteiger partial charge is 0.376 e. The zero-order chi connectivity index (χ0) is 12.1. The number of piperidine rings is 1. The van der Waals surface area contributed by atoms with Crippen molar-refractivity contribution in [2.45, 2.75) is 19.3 Å². The van der Waals surface area contributed by atoms with Crippen LogP contribution in [0.2, 0.25) is 0 Å². The summed E-state index contributed by atoms with van der Waals surface area (Å²) < 4.78 is 0. The van der Waals surface area contributed by atoms with E-state index in [4.69, 9.17) is 5.11 Å². The maximum Gasteiger partial charge on any atom is 0.115 e. The van der Waals surface area contributed by atoms with Gasteiger partial charge in [-0.15, -0.1) is 24.8 Å². The van der Waals surface area contributed by atoms with Crippen LogP contribution in [-0.2, 0) is 6.42 Å². The molecule has 1 aliphatic heterocycles. The van der Waals surface area contributed by atoms with Gasteiger partial charge in [-0.25, -0.2) is 0 Å². The third-order valence-corrected chi connectivity index (χ3v) is 3.57. The second-order valence-corrected chi connectivity index (χ2v) is 4.90. The Bertz CT molecular complexity index is 340. The summed E-state index contributed by atoms with van der Waals surface area (Å²) in [6.45, 7) is 2.39. The lowest BCUT2D eigenvalue weighted by atomic mass is 9.91. The minimum atomic E-state index is 0.